The number of rotatable bonds is 9. The quantitative estimate of drug-likeness (QED) is 0.370. The van der Waals surface area contributed by atoms with Crippen LogP contribution in [0.25, 0.3) is 0 Å². The van der Waals surface area contributed by atoms with Crippen molar-refractivity contribution >= 4 is 29.8 Å². The van der Waals surface area contributed by atoms with Crippen molar-refractivity contribution in [3.8, 4) is 0 Å². The van der Waals surface area contributed by atoms with Gasteiger partial charge in [0.1, 0.15) is 30.8 Å². The van der Waals surface area contributed by atoms with E-state index in [1.54, 1.807) is 6.92 Å². The summed E-state index contributed by atoms with van der Waals surface area (Å²) in [6.07, 6.45) is 2.87. The molecule has 1 aliphatic heterocycles. The second-order valence-corrected chi connectivity index (χ2v) is 9.60. The summed E-state index contributed by atoms with van der Waals surface area (Å²) in [7, 11) is 0. The first-order valence-electron chi connectivity index (χ1n) is 12.7. The zero-order chi connectivity index (χ0) is 27.0. The molecule has 11 heteroatoms. The van der Waals surface area contributed by atoms with Crippen LogP contribution in [-0.2, 0) is 35.3 Å². The highest BCUT2D eigenvalue weighted by Gasteiger charge is 2.41. The van der Waals surface area contributed by atoms with Gasteiger partial charge in [-0.25, -0.2) is 14.4 Å². The van der Waals surface area contributed by atoms with Gasteiger partial charge >= 0.3 is 18.0 Å². The first-order valence-corrected chi connectivity index (χ1v) is 12.7. The van der Waals surface area contributed by atoms with Crippen molar-refractivity contribution in [3.63, 3.8) is 0 Å². The summed E-state index contributed by atoms with van der Waals surface area (Å²) in [5, 5.41) is 2.54. The van der Waals surface area contributed by atoms with Gasteiger partial charge in [-0.3, -0.25) is 14.5 Å². The average Bonchev–Trinajstić information content (AvgIpc) is 3.56. The Morgan fingerprint density at radius 1 is 1.14 bits per heavy atom. The number of ether oxygens (including phenoxy) is 2. The molecular formula is C26H36N4O7. The van der Waals surface area contributed by atoms with E-state index in [4.69, 9.17) is 15.2 Å². The zero-order valence-electron chi connectivity index (χ0n) is 21.4. The molecule has 0 unspecified atom stereocenters. The van der Waals surface area contributed by atoms with E-state index < -0.39 is 47.5 Å². The van der Waals surface area contributed by atoms with Crippen molar-refractivity contribution in [1.82, 2.24) is 15.1 Å². The van der Waals surface area contributed by atoms with E-state index >= 15 is 0 Å². The van der Waals surface area contributed by atoms with Crippen molar-refractivity contribution in [2.24, 2.45) is 5.73 Å². The Hall–Kier alpha value is -3.47. The molecule has 11 nitrogen and oxygen atoms in total. The Morgan fingerprint density at radius 2 is 1.81 bits per heavy atom. The van der Waals surface area contributed by atoms with Gasteiger partial charge in [-0.2, -0.15) is 0 Å². The monoisotopic (exact) mass is 516 g/mol. The maximum Gasteiger partial charge on any atom is 0.410 e. The van der Waals surface area contributed by atoms with Gasteiger partial charge in [0, 0.05) is 13.1 Å². The Morgan fingerprint density at radius 3 is 2.46 bits per heavy atom. The van der Waals surface area contributed by atoms with E-state index in [1.807, 2.05) is 30.3 Å². The summed E-state index contributed by atoms with van der Waals surface area (Å²) in [5.74, 6) is -2.61. The molecule has 1 heterocycles. The second kappa shape index (κ2) is 12.7. The number of esters is 2. The molecule has 1 aliphatic carbocycles. The maximum absolute atomic E-state index is 13.0. The highest BCUT2D eigenvalue weighted by Crippen LogP contribution is 2.28. The Bertz CT molecular complexity index is 994. The van der Waals surface area contributed by atoms with Gasteiger partial charge in [-0.05, 0) is 45.1 Å². The minimum absolute atomic E-state index is 0.0842. The van der Waals surface area contributed by atoms with Gasteiger partial charge < -0.3 is 25.4 Å². The van der Waals surface area contributed by atoms with Crippen LogP contribution in [0, 0.1) is 0 Å². The summed E-state index contributed by atoms with van der Waals surface area (Å²) in [6, 6.07) is 7.30. The zero-order valence-corrected chi connectivity index (χ0v) is 21.4. The lowest BCUT2D eigenvalue weighted by Gasteiger charge is -2.28. The van der Waals surface area contributed by atoms with E-state index in [0.29, 0.717) is 32.2 Å². The van der Waals surface area contributed by atoms with Crippen LogP contribution in [0.5, 0.6) is 0 Å². The summed E-state index contributed by atoms with van der Waals surface area (Å²) in [5.41, 5.74) is 5.69. The molecule has 0 bridgehead atoms. The van der Waals surface area contributed by atoms with Gasteiger partial charge in [0.25, 0.3) is 0 Å². The lowest BCUT2D eigenvalue weighted by Crippen LogP contribution is -2.53. The molecule has 2 fully saturated rings. The minimum atomic E-state index is -1.17. The maximum atomic E-state index is 13.0. The van der Waals surface area contributed by atoms with E-state index in [1.165, 1.54) is 16.7 Å². The van der Waals surface area contributed by atoms with Crippen LogP contribution in [0.4, 0.5) is 4.79 Å². The number of nitrogens with zero attached hydrogens (tertiary/aromatic N) is 2. The predicted octanol–water partition coefficient (Wildman–Crippen LogP) is 1.48. The van der Waals surface area contributed by atoms with Crippen LogP contribution in [0.3, 0.4) is 0 Å². The molecule has 1 saturated carbocycles. The van der Waals surface area contributed by atoms with Crippen molar-refractivity contribution < 1.29 is 33.4 Å². The van der Waals surface area contributed by atoms with Crippen LogP contribution < -0.4 is 11.1 Å². The summed E-state index contributed by atoms with van der Waals surface area (Å²) < 4.78 is 10.3. The van der Waals surface area contributed by atoms with E-state index in [2.05, 4.69) is 5.32 Å². The lowest BCUT2D eigenvalue weighted by atomic mass is 10.00. The van der Waals surface area contributed by atoms with E-state index in [0.717, 1.165) is 18.4 Å². The fourth-order valence-electron chi connectivity index (χ4n) is 4.57. The number of likely N-dealkylation sites (tertiary alicyclic amines) is 1. The van der Waals surface area contributed by atoms with Crippen molar-refractivity contribution in [2.75, 3.05) is 19.6 Å². The summed E-state index contributed by atoms with van der Waals surface area (Å²) >= 11 is 0. The van der Waals surface area contributed by atoms with Crippen molar-refractivity contribution in [3.05, 3.63) is 35.9 Å². The highest BCUT2D eigenvalue weighted by atomic mass is 16.6. The normalized spacial score (nSPS) is 19.1. The molecule has 2 atom stereocenters. The number of nitrogens with one attached hydrogen (secondary N) is 1. The van der Waals surface area contributed by atoms with Crippen LogP contribution in [-0.4, -0.2) is 76.9 Å². The molecule has 1 aromatic carbocycles. The molecule has 3 amide bonds. The third-order valence-corrected chi connectivity index (χ3v) is 6.85. The topological polar surface area (TPSA) is 148 Å². The molecule has 0 spiro atoms. The number of nitrogens with two attached hydrogens (primary N) is 1. The van der Waals surface area contributed by atoms with E-state index in [9.17, 15) is 24.0 Å². The number of amides is 3. The summed E-state index contributed by atoms with van der Waals surface area (Å²) in [4.78, 5) is 65.8. The van der Waals surface area contributed by atoms with Crippen LogP contribution in [0.1, 0.15) is 57.9 Å². The number of hydrogen-bond donors (Lipinski definition) is 2. The van der Waals surface area contributed by atoms with Gasteiger partial charge in [0.05, 0.1) is 0 Å². The van der Waals surface area contributed by atoms with Crippen LogP contribution in [0.15, 0.2) is 30.3 Å². The molecule has 3 rings (SSSR count). The van der Waals surface area contributed by atoms with Crippen LogP contribution >= 0.6 is 0 Å². The molecule has 3 N–H and O–H groups in total. The molecule has 37 heavy (non-hydrogen) atoms. The largest absolute Gasteiger partial charge is 0.445 e. The van der Waals surface area contributed by atoms with Gasteiger partial charge in [-0.15, -0.1) is 0 Å². The number of hydrogen-bond acceptors (Lipinski definition) is 8. The molecule has 202 valence electrons. The van der Waals surface area contributed by atoms with Crippen LogP contribution in [0.2, 0.25) is 0 Å². The fourth-order valence-corrected chi connectivity index (χ4v) is 4.57. The molecule has 0 radical (unpaired) electrons. The van der Waals surface area contributed by atoms with Crippen molar-refractivity contribution in [1.29, 1.82) is 0 Å². The Kier molecular flexibility index (Phi) is 9.62. The van der Waals surface area contributed by atoms with Crippen molar-refractivity contribution in [2.45, 2.75) is 76.6 Å². The number of carbonyl (C=O) groups is 5. The Labute approximate surface area is 216 Å². The molecule has 1 saturated heterocycles. The van der Waals surface area contributed by atoms with Gasteiger partial charge in [-0.1, -0.05) is 43.2 Å². The van der Waals surface area contributed by atoms with Gasteiger partial charge in [0.15, 0.2) is 0 Å². The first-order chi connectivity index (χ1) is 17.6. The summed E-state index contributed by atoms with van der Waals surface area (Å²) in [6.45, 7) is 3.59. The molecule has 1 aromatic rings. The number of carbonyl (C=O) groups excluding carboxylic acids is 5. The predicted molar refractivity (Wildman–Crippen MR) is 133 cm³/mol. The SMILES string of the molecule is CCN(CC(=O)N1CCC[C@H]1C(=O)N[C@@H](C)C(=O)OC(=O)C1(N)CCCC1)C(=O)OCc1ccccc1. The lowest BCUT2D eigenvalue weighted by molar-refractivity contribution is -0.165. The number of likely N-dealkylation sites (N-methyl/N-ethyl adjacent to an activating group) is 1. The second-order valence-electron chi connectivity index (χ2n) is 9.60. The highest BCUT2D eigenvalue weighted by molar-refractivity contribution is 5.96. The van der Waals surface area contributed by atoms with E-state index in [-0.39, 0.29) is 19.7 Å². The minimum Gasteiger partial charge on any atom is -0.445 e. The standard InChI is InChI=1S/C26H36N4O7/c1-3-29(25(35)36-17-19-10-5-4-6-11-19)16-21(31)30-15-9-12-20(30)22(32)28-18(2)23(33)37-24(34)26(27)13-7-8-14-26/h4-6,10-11,18,20H,3,7-9,12-17,27H2,1-2H3,(H,28,32)/t18-,20-/m0/s1. The Balaban J connectivity index is 1.51. The molecule has 0 aromatic heterocycles. The first kappa shape index (κ1) is 28.1. The molecule has 2 aliphatic rings. The number of benzene rings is 1. The molecular weight excluding hydrogens is 480 g/mol. The smallest absolute Gasteiger partial charge is 0.410 e. The average molecular weight is 517 g/mol. The fraction of sp³-hybridized carbons (Fsp3) is 0.577. The third-order valence-electron chi connectivity index (χ3n) is 6.85. The third kappa shape index (κ3) is 7.28. The van der Waals surface area contributed by atoms with Gasteiger partial charge in [0.2, 0.25) is 11.8 Å².